The fraction of sp³-hybridized carbons (Fsp3) is 0.667. The van der Waals surface area contributed by atoms with Gasteiger partial charge < -0.3 is 20.6 Å². The van der Waals surface area contributed by atoms with E-state index in [-0.39, 0.29) is 18.5 Å². The molecule has 1 saturated heterocycles. The van der Waals surface area contributed by atoms with Crippen molar-refractivity contribution in [2.24, 2.45) is 0 Å². The van der Waals surface area contributed by atoms with Gasteiger partial charge in [0.15, 0.2) is 0 Å². The van der Waals surface area contributed by atoms with E-state index in [1.54, 1.807) is 0 Å². The molecular weight excluding hydrogens is 297 g/mol. The van der Waals surface area contributed by atoms with Gasteiger partial charge in [-0.05, 0) is 37.0 Å². The third-order valence-electron chi connectivity index (χ3n) is 4.69. The summed E-state index contributed by atoms with van der Waals surface area (Å²) in [6, 6.07) is 6.15. The molecule has 0 radical (unpaired) electrons. The van der Waals surface area contributed by atoms with Crippen LogP contribution >= 0.6 is 0 Å². The Morgan fingerprint density at radius 3 is 2.13 bits per heavy atom. The molecule has 0 aliphatic carbocycles. The third-order valence-corrected chi connectivity index (χ3v) is 4.69. The Bertz CT molecular complexity index is 454. The second kappa shape index (κ2) is 9.33. The van der Waals surface area contributed by atoms with Crippen LogP contribution in [0, 0.1) is 5.82 Å². The van der Waals surface area contributed by atoms with Crippen LogP contribution < -0.4 is 5.32 Å². The summed E-state index contributed by atoms with van der Waals surface area (Å²) in [5.41, 5.74) is 1.17. The van der Waals surface area contributed by atoms with E-state index in [9.17, 15) is 14.6 Å². The summed E-state index contributed by atoms with van der Waals surface area (Å²) in [7, 11) is 0. The lowest BCUT2D eigenvalue weighted by Crippen LogP contribution is -2.36. The van der Waals surface area contributed by atoms with E-state index in [0.29, 0.717) is 0 Å². The van der Waals surface area contributed by atoms with Gasteiger partial charge in [0.25, 0.3) is 0 Å². The zero-order valence-electron chi connectivity index (χ0n) is 13.5. The highest BCUT2D eigenvalue weighted by Crippen LogP contribution is 2.19. The fourth-order valence-corrected chi connectivity index (χ4v) is 3.24. The Balaban J connectivity index is 1.52. The maximum atomic E-state index is 12.8. The highest BCUT2D eigenvalue weighted by atomic mass is 19.1. The monoisotopic (exact) mass is 325 g/mol. The van der Waals surface area contributed by atoms with Gasteiger partial charge in [0.1, 0.15) is 5.82 Å². The van der Waals surface area contributed by atoms with Crippen LogP contribution in [0.2, 0.25) is 0 Å². The van der Waals surface area contributed by atoms with Crippen LogP contribution in [0.1, 0.15) is 44.1 Å². The number of nitrogens with one attached hydrogen (secondary N) is 1. The van der Waals surface area contributed by atoms with Gasteiger partial charge in [-0.1, -0.05) is 37.8 Å². The molecule has 4 atom stereocenters. The molecule has 0 saturated carbocycles. The number of halogens is 1. The van der Waals surface area contributed by atoms with Crippen LogP contribution in [0.4, 0.5) is 4.39 Å². The minimum atomic E-state index is -0.874. The van der Waals surface area contributed by atoms with E-state index in [1.807, 2.05) is 12.1 Å². The van der Waals surface area contributed by atoms with Gasteiger partial charge >= 0.3 is 0 Å². The smallest absolute Gasteiger partial charge is 0.123 e. The predicted molar refractivity (Wildman–Crippen MR) is 87.6 cm³/mol. The summed E-state index contributed by atoms with van der Waals surface area (Å²) < 4.78 is 12.8. The molecule has 130 valence electrons. The van der Waals surface area contributed by atoms with Crippen molar-refractivity contribution >= 4 is 0 Å². The van der Waals surface area contributed by atoms with E-state index >= 15 is 0 Å². The van der Waals surface area contributed by atoms with E-state index < -0.39 is 18.2 Å². The minimum absolute atomic E-state index is 0.124. The maximum Gasteiger partial charge on any atom is 0.123 e. The predicted octanol–water partition coefficient (Wildman–Crippen LogP) is 1.76. The molecule has 4 N–H and O–H groups in total. The summed E-state index contributed by atoms with van der Waals surface area (Å²) in [6.07, 6.45) is 5.59. The second-order valence-electron chi connectivity index (χ2n) is 6.48. The summed E-state index contributed by atoms with van der Waals surface area (Å²) in [6.45, 7) is -0.155. The molecule has 0 spiro atoms. The maximum absolute atomic E-state index is 12.8. The molecule has 1 aromatic carbocycles. The lowest BCUT2D eigenvalue weighted by atomic mass is 10.0. The number of aliphatic hydroxyl groups is 3. The van der Waals surface area contributed by atoms with Gasteiger partial charge in [-0.2, -0.15) is 0 Å². The lowest BCUT2D eigenvalue weighted by molar-refractivity contribution is 0.0186. The lowest BCUT2D eigenvalue weighted by Gasteiger charge is -2.15. The topological polar surface area (TPSA) is 72.7 Å². The van der Waals surface area contributed by atoms with E-state index in [4.69, 9.17) is 5.11 Å². The van der Waals surface area contributed by atoms with Crippen molar-refractivity contribution in [3.05, 3.63) is 35.6 Å². The van der Waals surface area contributed by atoms with Crippen molar-refractivity contribution in [3.8, 4) is 0 Å². The van der Waals surface area contributed by atoms with Gasteiger partial charge in [0, 0.05) is 6.04 Å². The Kier molecular flexibility index (Phi) is 7.43. The highest BCUT2D eigenvalue weighted by molar-refractivity contribution is 5.15. The van der Waals surface area contributed by atoms with Crippen LogP contribution in [-0.2, 0) is 6.42 Å². The van der Waals surface area contributed by atoms with Crippen LogP contribution in [0.15, 0.2) is 24.3 Å². The SMILES string of the molecule is OC[C@H]1N[C@H](CCCCCCCc2ccc(F)cc2)[C@@H](O)[C@@H]1O. The first-order valence-electron chi connectivity index (χ1n) is 8.59. The first-order valence-corrected chi connectivity index (χ1v) is 8.59. The number of rotatable bonds is 9. The van der Waals surface area contributed by atoms with Crippen molar-refractivity contribution in [2.75, 3.05) is 6.61 Å². The quantitative estimate of drug-likeness (QED) is 0.522. The molecule has 0 aromatic heterocycles. The van der Waals surface area contributed by atoms with Crippen LogP contribution in [0.5, 0.6) is 0 Å². The Hall–Kier alpha value is -1.01. The van der Waals surface area contributed by atoms with Gasteiger partial charge in [-0.3, -0.25) is 0 Å². The summed E-state index contributed by atoms with van der Waals surface area (Å²) >= 11 is 0. The third kappa shape index (κ3) is 5.53. The molecule has 1 aromatic rings. The molecule has 1 heterocycles. The molecule has 1 fully saturated rings. The summed E-state index contributed by atoms with van der Waals surface area (Å²) in [5, 5.41) is 31.8. The first-order chi connectivity index (χ1) is 11.1. The van der Waals surface area contributed by atoms with Gasteiger partial charge in [0.2, 0.25) is 0 Å². The average Bonchev–Trinajstić information content (AvgIpc) is 2.83. The molecular formula is C18H28FNO3. The summed E-state index contributed by atoms with van der Waals surface area (Å²) in [5.74, 6) is -0.190. The van der Waals surface area contributed by atoms with E-state index in [1.165, 1.54) is 17.7 Å². The molecule has 0 amide bonds. The van der Waals surface area contributed by atoms with Gasteiger partial charge in [-0.25, -0.2) is 4.39 Å². The van der Waals surface area contributed by atoms with Crippen LogP contribution in [0.25, 0.3) is 0 Å². The normalized spacial score (nSPS) is 27.5. The molecule has 23 heavy (non-hydrogen) atoms. The van der Waals surface area contributed by atoms with Crippen molar-refractivity contribution in [1.29, 1.82) is 0 Å². The van der Waals surface area contributed by atoms with Crippen molar-refractivity contribution in [3.63, 3.8) is 0 Å². The van der Waals surface area contributed by atoms with Crippen LogP contribution in [-0.4, -0.2) is 46.2 Å². The van der Waals surface area contributed by atoms with Crippen molar-refractivity contribution < 1.29 is 19.7 Å². The molecule has 1 aliphatic rings. The van der Waals surface area contributed by atoms with Gasteiger partial charge in [0.05, 0.1) is 24.9 Å². The molecule has 2 rings (SSSR count). The molecule has 0 unspecified atom stereocenters. The van der Waals surface area contributed by atoms with E-state index in [2.05, 4.69) is 5.32 Å². The summed E-state index contributed by atoms with van der Waals surface area (Å²) in [4.78, 5) is 0. The first kappa shape index (κ1) is 18.3. The zero-order valence-corrected chi connectivity index (χ0v) is 13.5. The molecule has 4 nitrogen and oxygen atoms in total. The number of aliphatic hydroxyl groups excluding tert-OH is 3. The minimum Gasteiger partial charge on any atom is -0.395 e. The Labute approximate surface area is 137 Å². The van der Waals surface area contributed by atoms with Crippen LogP contribution in [0.3, 0.4) is 0 Å². The van der Waals surface area contributed by atoms with Gasteiger partial charge in [-0.15, -0.1) is 0 Å². The highest BCUT2D eigenvalue weighted by Gasteiger charge is 2.39. The number of aryl methyl sites for hydroxylation is 1. The number of unbranched alkanes of at least 4 members (excludes halogenated alkanes) is 4. The number of benzene rings is 1. The molecule has 1 aliphatic heterocycles. The Morgan fingerprint density at radius 1 is 0.870 bits per heavy atom. The number of hydrogen-bond donors (Lipinski definition) is 4. The molecule has 5 heteroatoms. The van der Waals surface area contributed by atoms with Crippen molar-refractivity contribution in [2.45, 2.75) is 69.2 Å². The Morgan fingerprint density at radius 2 is 1.48 bits per heavy atom. The number of hydrogen-bond acceptors (Lipinski definition) is 4. The second-order valence-corrected chi connectivity index (χ2v) is 6.48. The van der Waals surface area contributed by atoms with Crippen molar-refractivity contribution in [1.82, 2.24) is 5.32 Å². The fourth-order valence-electron chi connectivity index (χ4n) is 3.24. The zero-order chi connectivity index (χ0) is 16.7. The molecule has 0 bridgehead atoms. The van der Waals surface area contributed by atoms with E-state index in [0.717, 1.165) is 44.9 Å². The average molecular weight is 325 g/mol. The largest absolute Gasteiger partial charge is 0.395 e. The standard InChI is InChI=1S/C18H28FNO3/c19-14-10-8-13(9-11-14)6-4-2-1-3-5-7-15-17(22)18(23)16(12-21)20-15/h8-11,15-18,20-23H,1-7,12H2/t15-,16-,17-,18-/m1/s1.